The Balaban J connectivity index is 2.11. The van der Waals surface area contributed by atoms with Crippen molar-refractivity contribution in [2.24, 2.45) is 0 Å². The van der Waals surface area contributed by atoms with E-state index in [1.807, 2.05) is 6.07 Å². The van der Waals surface area contributed by atoms with Crippen LogP contribution >= 0.6 is 0 Å². The van der Waals surface area contributed by atoms with Gasteiger partial charge in [0.1, 0.15) is 11.5 Å². The number of H-pyrrole nitrogens is 1. The van der Waals surface area contributed by atoms with Gasteiger partial charge in [-0.05, 0) is 24.3 Å². The van der Waals surface area contributed by atoms with Crippen molar-refractivity contribution >= 4 is 17.7 Å². The molecule has 5 heteroatoms. The zero-order chi connectivity index (χ0) is 12.3. The number of carboxylic acids is 1. The van der Waals surface area contributed by atoms with E-state index in [2.05, 4.69) is 10.3 Å². The maximum atomic E-state index is 11.7. The third-order valence-electron chi connectivity index (χ3n) is 2.20. The van der Waals surface area contributed by atoms with Gasteiger partial charge in [-0.1, -0.05) is 18.2 Å². The van der Waals surface area contributed by atoms with Gasteiger partial charge >= 0.3 is 5.97 Å². The maximum absolute atomic E-state index is 11.7. The zero-order valence-electron chi connectivity index (χ0n) is 8.81. The van der Waals surface area contributed by atoms with Gasteiger partial charge in [-0.15, -0.1) is 0 Å². The topological polar surface area (TPSA) is 82.2 Å². The average molecular weight is 230 g/mol. The molecule has 1 aromatic heterocycles. The van der Waals surface area contributed by atoms with Crippen molar-refractivity contribution in [2.45, 2.75) is 0 Å². The standard InChI is InChI=1S/C12H10N2O3/c15-11(8-4-2-1-3-5-8)14-10-7-6-9(13-10)12(16)17/h1-7,13H,(H,14,15)(H,16,17). The van der Waals surface area contributed by atoms with Crippen molar-refractivity contribution in [1.29, 1.82) is 0 Å². The predicted octanol–water partition coefficient (Wildman–Crippen LogP) is 1.97. The molecule has 2 aromatic rings. The van der Waals surface area contributed by atoms with E-state index in [0.29, 0.717) is 11.4 Å². The molecule has 0 saturated heterocycles. The van der Waals surface area contributed by atoms with Crippen LogP contribution < -0.4 is 5.32 Å². The summed E-state index contributed by atoms with van der Waals surface area (Å²) in [6.07, 6.45) is 0. The number of nitrogens with one attached hydrogen (secondary N) is 2. The molecule has 0 radical (unpaired) electrons. The molecule has 0 spiro atoms. The third kappa shape index (κ3) is 2.52. The molecular formula is C12H10N2O3. The highest BCUT2D eigenvalue weighted by Gasteiger charge is 2.09. The van der Waals surface area contributed by atoms with E-state index in [9.17, 15) is 9.59 Å². The Morgan fingerprint density at radius 3 is 2.35 bits per heavy atom. The summed E-state index contributed by atoms with van der Waals surface area (Å²) < 4.78 is 0. The first-order chi connectivity index (χ1) is 8.16. The van der Waals surface area contributed by atoms with E-state index in [-0.39, 0.29) is 11.6 Å². The number of aromatic nitrogens is 1. The largest absolute Gasteiger partial charge is 0.477 e. The Morgan fingerprint density at radius 1 is 1.06 bits per heavy atom. The van der Waals surface area contributed by atoms with Crippen LogP contribution in [0.15, 0.2) is 42.5 Å². The van der Waals surface area contributed by atoms with Gasteiger partial charge in [0, 0.05) is 5.56 Å². The van der Waals surface area contributed by atoms with Crippen LogP contribution in [0, 0.1) is 0 Å². The molecule has 0 bridgehead atoms. The smallest absolute Gasteiger partial charge is 0.352 e. The van der Waals surface area contributed by atoms with Crippen LogP contribution in [0.2, 0.25) is 0 Å². The molecule has 0 atom stereocenters. The number of aromatic amines is 1. The van der Waals surface area contributed by atoms with Gasteiger partial charge in [0.15, 0.2) is 0 Å². The summed E-state index contributed by atoms with van der Waals surface area (Å²) in [7, 11) is 0. The maximum Gasteiger partial charge on any atom is 0.352 e. The summed E-state index contributed by atoms with van der Waals surface area (Å²) in [5.41, 5.74) is 0.548. The molecule has 1 aromatic carbocycles. The minimum absolute atomic E-state index is 0.0355. The monoisotopic (exact) mass is 230 g/mol. The van der Waals surface area contributed by atoms with E-state index in [4.69, 9.17) is 5.11 Å². The Hall–Kier alpha value is -2.56. The van der Waals surface area contributed by atoms with Crippen LogP contribution in [-0.2, 0) is 0 Å². The lowest BCUT2D eigenvalue weighted by Crippen LogP contribution is -2.12. The summed E-state index contributed by atoms with van der Waals surface area (Å²) >= 11 is 0. The molecular weight excluding hydrogens is 220 g/mol. The first-order valence-corrected chi connectivity index (χ1v) is 4.95. The van der Waals surface area contributed by atoms with Gasteiger partial charge < -0.3 is 15.4 Å². The Bertz CT molecular complexity index is 546. The first-order valence-electron chi connectivity index (χ1n) is 4.95. The minimum Gasteiger partial charge on any atom is -0.477 e. The van der Waals surface area contributed by atoms with Crippen LogP contribution in [0.25, 0.3) is 0 Å². The van der Waals surface area contributed by atoms with E-state index < -0.39 is 5.97 Å². The number of carbonyl (C=O) groups is 2. The lowest BCUT2D eigenvalue weighted by molar-refractivity contribution is 0.0691. The molecule has 0 saturated carbocycles. The minimum atomic E-state index is -1.06. The molecule has 0 aliphatic rings. The molecule has 1 amide bonds. The molecule has 0 fully saturated rings. The van der Waals surface area contributed by atoms with Crippen molar-refractivity contribution in [1.82, 2.24) is 4.98 Å². The Labute approximate surface area is 97.1 Å². The highest BCUT2D eigenvalue weighted by atomic mass is 16.4. The number of carboxylic acid groups (broad SMARTS) is 1. The molecule has 86 valence electrons. The molecule has 5 nitrogen and oxygen atoms in total. The highest BCUT2D eigenvalue weighted by Crippen LogP contribution is 2.09. The van der Waals surface area contributed by atoms with Gasteiger partial charge in [-0.25, -0.2) is 4.79 Å². The molecule has 0 unspecified atom stereocenters. The lowest BCUT2D eigenvalue weighted by Gasteiger charge is -2.02. The number of carbonyl (C=O) groups excluding carboxylic acids is 1. The quantitative estimate of drug-likeness (QED) is 0.753. The van der Waals surface area contributed by atoms with Gasteiger partial charge in [0.25, 0.3) is 5.91 Å². The summed E-state index contributed by atoms with van der Waals surface area (Å²) in [4.78, 5) is 24.9. The number of hydrogen-bond donors (Lipinski definition) is 3. The number of anilines is 1. The summed E-state index contributed by atoms with van der Waals surface area (Å²) in [5.74, 6) is -0.995. The normalized spacial score (nSPS) is 9.88. The SMILES string of the molecule is O=C(Nc1ccc(C(=O)O)[nH]1)c1ccccc1. The number of amides is 1. The van der Waals surface area contributed by atoms with Crippen molar-refractivity contribution in [2.75, 3.05) is 5.32 Å². The van der Waals surface area contributed by atoms with Crippen molar-refractivity contribution in [3.63, 3.8) is 0 Å². The fourth-order valence-corrected chi connectivity index (χ4v) is 1.38. The van der Waals surface area contributed by atoms with E-state index in [1.54, 1.807) is 24.3 Å². The summed E-state index contributed by atoms with van der Waals surface area (Å²) in [6.45, 7) is 0. The van der Waals surface area contributed by atoms with Crippen LogP contribution in [0.3, 0.4) is 0 Å². The first kappa shape index (κ1) is 10.9. The van der Waals surface area contributed by atoms with Crippen molar-refractivity contribution in [3.05, 3.63) is 53.7 Å². The van der Waals surface area contributed by atoms with Gasteiger partial charge in [0.2, 0.25) is 0 Å². The molecule has 3 N–H and O–H groups in total. The van der Waals surface area contributed by atoms with Crippen LogP contribution in [0.1, 0.15) is 20.8 Å². The summed E-state index contributed by atoms with van der Waals surface area (Å²) in [6, 6.07) is 11.6. The van der Waals surface area contributed by atoms with Gasteiger partial charge in [-0.3, -0.25) is 4.79 Å². The second-order valence-corrected chi connectivity index (χ2v) is 3.41. The number of hydrogen-bond acceptors (Lipinski definition) is 2. The second kappa shape index (κ2) is 4.52. The number of benzene rings is 1. The van der Waals surface area contributed by atoms with E-state index in [1.165, 1.54) is 12.1 Å². The fourth-order valence-electron chi connectivity index (χ4n) is 1.38. The average Bonchev–Trinajstić information content (AvgIpc) is 2.79. The second-order valence-electron chi connectivity index (χ2n) is 3.41. The summed E-state index contributed by atoms with van der Waals surface area (Å²) in [5, 5.41) is 11.3. The molecule has 0 aliphatic heterocycles. The van der Waals surface area contributed by atoms with Crippen molar-refractivity contribution < 1.29 is 14.7 Å². The van der Waals surface area contributed by atoms with E-state index in [0.717, 1.165) is 0 Å². The van der Waals surface area contributed by atoms with E-state index >= 15 is 0 Å². The Morgan fingerprint density at radius 2 is 1.76 bits per heavy atom. The molecule has 17 heavy (non-hydrogen) atoms. The van der Waals surface area contributed by atoms with Gasteiger partial charge in [-0.2, -0.15) is 0 Å². The fraction of sp³-hybridized carbons (Fsp3) is 0. The highest BCUT2D eigenvalue weighted by molar-refractivity contribution is 6.04. The predicted molar refractivity (Wildman–Crippen MR) is 62.1 cm³/mol. The van der Waals surface area contributed by atoms with Gasteiger partial charge in [0.05, 0.1) is 0 Å². The molecule has 0 aliphatic carbocycles. The molecule has 1 heterocycles. The van der Waals surface area contributed by atoms with Crippen LogP contribution in [0.4, 0.5) is 5.82 Å². The lowest BCUT2D eigenvalue weighted by atomic mass is 10.2. The third-order valence-corrected chi connectivity index (χ3v) is 2.20. The Kier molecular flexibility index (Phi) is 2.91. The zero-order valence-corrected chi connectivity index (χ0v) is 8.81. The number of rotatable bonds is 3. The van der Waals surface area contributed by atoms with Crippen LogP contribution in [0.5, 0.6) is 0 Å². The van der Waals surface area contributed by atoms with Crippen molar-refractivity contribution in [3.8, 4) is 0 Å². The van der Waals surface area contributed by atoms with Crippen LogP contribution in [-0.4, -0.2) is 22.0 Å². The number of aromatic carboxylic acids is 1. The molecule has 2 rings (SSSR count).